The fourth-order valence-corrected chi connectivity index (χ4v) is 3.83. The third-order valence-corrected chi connectivity index (χ3v) is 5.17. The first-order chi connectivity index (χ1) is 12.5. The molecule has 1 saturated heterocycles. The van der Waals surface area contributed by atoms with Gasteiger partial charge in [0.2, 0.25) is 5.91 Å². The maximum Gasteiger partial charge on any atom is 0.234 e. The van der Waals surface area contributed by atoms with Crippen molar-refractivity contribution < 1.29 is 13.6 Å². The van der Waals surface area contributed by atoms with E-state index in [-0.39, 0.29) is 29.5 Å². The van der Waals surface area contributed by atoms with Crippen molar-refractivity contribution in [3.05, 3.63) is 71.3 Å². The summed E-state index contributed by atoms with van der Waals surface area (Å²) in [5.41, 5.74) is 7.49. The van der Waals surface area contributed by atoms with Crippen molar-refractivity contribution in [2.75, 3.05) is 13.1 Å². The van der Waals surface area contributed by atoms with E-state index in [0.717, 1.165) is 49.9 Å². The van der Waals surface area contributed by atoms with Crippen LogP contribution in [-0.2, 0) is 4.79 Å². The van der Waals surface area contributed by atoms with Gasteiger partial charge < -0.3 is 5.73 Å². The number of hydrogen-bond donors (Lipinski definition) is 1. The lowest BCUT2D eigenvalue weighted by Crippen LogP contribution is -2.40. The van der Waals surface area contributed by atoms with Gasteiger partial charge in [-0.15, -0.1) is 0 Å². The van der Waals surface area contributed by atoms with Gasteiger partial charge in [-0.3, -0.25) is 9.69 Å². The summed E-state index contributed by atoms with van der Waals surface area (Å²) >= 11 is 0. The van der Waals surface area contributed by atoms with Gasteiger partial charge in [-0.05, 0) is 74.2 Å². The molecule has 1 aliphatic heterocycles. The van der Waals surface area contributed by atoms with Crippen LogP contribution in [0.5, 0.6) is 0 Å². The van der Waals surface area contributed by atoms with Crippen molar-refractivity contribution in [2.24, 2.45) is 5.73 Å². The Bertz CT molecular complexity index is 685. The number of primary amides is 1. The summed E-state index contributed by atoms with van der Waals surface area (Å²) in [6, 6.07) is 12.8. The number of nitrogens with two attached hydrogens (primary N) is 1. The van der Waals surface area contributed by atoms with Gasteiger partial charge in [-0.1, -0.05) is 24.3 Å². The fraction of sp³-hybridized carbons (Fsp3) is 0.381. The van der Waals surface area contributed by atoms with E-state index in [1.807, 2.05) is 0 Å². The van der Waals surface area contributed by atoms with Crippen molar-refractivity contribution in [1.82, 2.24) is 4.90 Å². The normalized spacial score (nSPS) is 17.7. The van der Waals surface area contributed by atoms with Gasteiger partial charge in [0.15, 0.2) is 0 Å². The van der Waals surface area contributed by atoms with Crippen LogP contribution in [-0.4, -0.2) is 29.9 Å². The highest BCUT2D eigenvalue weighted by Crippen LogP contribution is 2.30. The SMILES string of the molecule is NC(=O)C1CCCN1CCCC(c1ccc(F)cc1)c1ccc(F)cc1. The lowest BCUT2D eigenvalue weighted by molar-refractivity contribution is -0.122. The molecule has 2 N–H and O–H groups in total. The summed E-state index contributed by atoms with van der Waals surface area (Å²) in [7, 11) is 0. The summed E-state index contributed by atoms with van der Waals surface area (Å²) < 4.78 is 26.6. The highest BCUT2D eigenvalue weighted by molar-refractivity contribution is 5.80. The molecule has 26 heavy (non-hydrogen) atoms. The first kappa shape index (κ1) is 18.5. The van der Waals surface area contributed by atoms with E-state index in [1.54, 1.807) is 24.3 Å². The number of hydrogen-bond acceptors (Lipinski definition) is 2. The fourth-order valence-electron chi connectivity index (χ4n) is 3.83. The van der Waals surface area contributed by atoms with Gasteiger partial charge >= 0.3 is 0 Å². The minimum absolute atomic E-state index is 0.0610. The molecule has 138 valence electrons. The third kappa shape index (κ3) is 4.47. The molecule has 0 saturated carbocycles. The molecule has 1 aliphatic rings. The van der Waals surface area contributed by atoms with Crippen LogP contribution in [0.4, 0.5) is 8.78 Å². The number of halogens is 2. The minimum Gasteiger partial charge on any atom is -0.368 e. The molecule has 1 atom stereocenters. The van der Waals surface area contributed by atoms with Crippen LogP contribution < -0.4 is 5.73 Å². The molecule has 0 radical (unpaired) electrons. The molecule has 1 unspecified atom stereocenters. The summed E-state index contributed by atoms with van der Waals surface area (Å²) in [4.78, 5) is 13.7. The van der Waals surface area contributed by atoms with Crippen LogP contribution in [0.25, 0.3) is 0 Å². The van der Waals surface area contributed by atoms with E-state index < -0.39 is 0 Å². The van der Waals surface area contributed by atoms with Gasteiger partial charge in [0.05, 0.1) is 6.04 Å². The smallest absolute Gasteiger partial charge is 0.234 e. The second kappa shape index (κ2) is 8.41. The van der Waals surface area contributed by atoms with Crippen LogP contribution in [0.1, 0.15) is 42.7 Å². The van der Waals surface area contributed by atoms with Crippen LogP contribution >= 0.6 is 0 Å². The monoisotopic (exact) mass is 358 g/mol. The Morgan fingerprint density at radius 3 is 2.08 bits per heavy atom. The standard InChI is InChI=1S/C21H24F2N2O/c22-17-9-5-15(6-10-17)19(16-7-11-18(23)12-8-16)3-1-13-25-14-2-4-20(25)21(24)26/h5-12,19-20H,1-4,13-14H2,(H2,24,26). The van der Waals surface area contributed by atoms with E-state index in [2.05, 4.69) is 4.90 Å². The maximum absolute atomic E-state index is 13.3. The van der Waals surface area contributed by atoms with Gasteiger partial charge in [-0.2, -0.15) is 0 Å². The van der Waals surface area contributed by atoms with E-state index in [1.165, 1.54) is 24.3 Å². The molecule has 0 bridgehead atoms. The molecule has 3 nitrogen and oxygen atoms in total. The Hall–Kier alpha value is -2.27. The molecule has 0 aromatic heterocycles. The number of carbonyl (C=O) groups is 1. The molecule has 1 amide bonds. The molecule has 1 fully saturated rings. The van der Waals surface area contributed by atoms with Crippen molar-refractivity contribution >= 4 is 5.91 Å². The average Bonchev–Trinajstić information content (AvgIpc) is 3.10. The Morgan fingerprint density at radius 2 is 1.58 bits per heavy atom. The molecule has 5 heteroatoms. The van der Waals surface area contributed by atoms with Crippen molar-refractivity contribution in [1.29, 1.82) is 0 Å². The molecular formula is C21H24F2N2O. The van der Waals surface area contributed by atoms with E-state index in [4.69, 9.17) is 5.73 Å². The predicted molar refractivity (Wildman–Crippen MR) is 97.7 cm³/mol. The predicted octanol–water partition coefficient (Wildman–Crippen LogP) is 3.83. The minimum atomic E-state index is -0.270. The summed E-state index contributed by atoms with van der Waals surface area (Å²) in [5.74, 6) is -0.733. The Morgan fingerprint density at radius 1 is 1.04 bits per heavy atom. The third-order valence-electron chi connectivity index (χ3n) is 5.17. The van der Waals surface area contributed by atoms with Gasteiger partial charge in [0, 0.05) is 5.92 Å². The van der Waals surface area contributed by atoms with Crippen LogP contribution in [0, 0.1) is 11.6 Å². The van der Waals surface area contributed by atoms with Crippen molar-refractivity contribution in [3.8, 4) is 0 Å². The zero-order valence-corrected chi connectivity index (χ0v) is 14.7. The van der Waals surface area contributed by atoms with Gasteiger partial charge in [0.25, 0.3) is 0 Å². The largest absolute Gasteiger partial charge is 0.368 e. The molecule has 0 spiro atoms. The summed E-state index contributed by atoms with van der Waals surface area (Å²) in [5, 5.41) is 0. The van der Waals surface area contributed by atoms with Crippen LogP contribution in [0.3, 0.4) is 0 Å². The number of amides is 1. The number of carbonyl (C=O) groups excluding carboxylic acids is 1. The quantitative estimate of drug-likeness (QED) is 0.818. The summed E-state index contributed by atoms with van der Waals surface area (Å²) in [6.45, 7) is 1.69. The average molecular weight is 358 g/mol. The topological polar surface area (TPSA) is 46.3 Å². The Balaban J connectivity index is 1.70. The zero-order valence-electron chi connectivity index (χ0n) is 14.7. The lowest BCUT2D eigenvalue weighted by Gasteiger charge is -2.24. The zero-order chi connectivity index (χ0) is 18.5. The molecule has 1 heterocycles. The highest BCUT2D eigenvalue weighted by atomic mass is 19.1. The molecule has 0 aliphatic carbocycles. The molecule has 2 aromatic rings. The van der Waals surface area contributed by atoms with Gasteiger partial charge in [-0.25, -0.2) is 8.78 Å². The maximum atomic E-state index is 13.3. The van der Waals surface area contributed by atoms with Gasteiger partial charge in [0.1, 0.15) is 11.6 Å². The first-order valence-electron chi connectivity index (χ1n) is 9.09. The second-order valence-corrected chi connectivity index (χ2v) is 6.89. The lowest BCUT2D eigenvalue weighted by atomic mass is 9.87. The Labute approximate surface area is 152 Å². The van der Waals surface area contributed by atoms with E-state index in [0.29, 0.717) is 0 Å². The number of nitrogens with zero attached hydrogens (tertiary/aromatic N) is 1. The number of likely N-dealkylation sites (tertiary alicyclic amines) is 1. The molecular weight excluding hydrogens is 334 g/mol. The van der Waals surface area contributed by atoms with E-state index in [9.17, 15) is 13.6 Å². The van der Waals surface area contributed by atoms with E-state index >= 15 is 0 Å². The Kier molecular flexibility index (Phi) is 5.99. The number of benzene rings is 2. The first-order valence-corrected chi connectivity index (χ1v) is 9.09. The molecule has 3 rings (SSSR count). The van der Waals surface area contributed by atoms with Crippen molar-refractivity contribution in [2.45, 2.75) is 37.6 Å². The van der Waals surface area contributed by atoms with Crippen molar-refractivity contribution in [3.63, 3.8) is 0 Å². The number of rotatable bonds is 7. The molecule has 2 aromatic carbocycles. The summed E-state index contributed by atoms with van der Waals surface area (Å²) in [6.07, 6.45) is 3.53. The van der Waals surface area contributed by atoms with Crippen LogP contribution in [0.2, 0.25) is 0 Å². The second-order valence-electron chi connectivity index (χ2n) is 6.89. The van der Waals surface area contributed by atoms with Crippen LogP contribution in [0.15, 0.2) is 48.5 Å². The highest BCUT2D eigenvalue weighted by Gasteiger charge is 2.28.